The largest absolute Gasteiger partial charge is 0.455 e. The molecule has 2 aliphatic carbocycles. The van der Waals surface area contributed by atoms with Gasteiger partial charge in [0.15, 0.2) is 0 Å². The van der Waals surface area contributed by atoms with Gasteiger partial charge in [0.25, 0.3) is 0 Å². The Bertz CT molecular complexity index is 3010. The van der Waals surface area contributed by atoms with Gasteiger partial charge >= 0.3 is 0 Å². The van der Waals surface area contributed by atoms with E-state index in [9.17, 15) is 0 Å². The van der Waals surface area contributed by atoms with E-state index < -0.39 is 0 Å². The number of para-hydroxylation sites is 1. The molecule has 2 aliphatic rings. The van der Waals surface area contributed by atoms with Crippen LogP contribution < -0.4 is 4.90 Å². The second kappa shape index (κ2) is 11.0. The fraction of sp³-hybridized carbons (Fsp3) is 0.102. The molecule has 0 saturated heterocycles. The highest BCUT2D eigenvalue weighted by Crippen LogP contribution is 2.52. The van der Waals surface area contributed by atoms with E-state index in [1.54, 1.807) is 0 Å². The monoisotopic (exact) mass is 685 g/mol. The molecule has 7 aromatic carbocycles. The maximum atomic E-state index is 6.83. The topological polar surface area (TPSA) is 16.4 Å². The van der Waals surface area contributed by atoms with Crippen molar-refractivity contribution >= 4 is 81.2 Å². The summed E-state index contributed by atoms with van der Waals surface area (Å²) in [6, 6.07) is 51.4. The summed E-state index contributed by atoms with van der Waals surface area (Å²) in [5, 5.41) is 7.34. The summed E-state index contributed by atoms with van der Waals surface area (Å²) in [5.74, 6) is 0. The Kier molecular flexibility index (Phi) is 6.33. The van der Waals surface area contributed by atoms with E-state index in [2.05, 4.69) is 170 Å². The Balaban J connectivity index is 1.19. The number of nitrogens with zero attached hydrogens (tertiary/aromatic N) is 1. The molecule has 0 N–H and O–H groups in total. The summed E-state index contributed by atoms with van der Waals surface area (Å²) in [6.45, 7) is 4.75. The summed E-state index contributed by atoms with van der Waals surface area (Å²) in [4.78, 5) is 2.58. The van der Waals surface area contributed by atoms with Crippen molar-refractivity contribution in [3.8, 4) is 11.1 Å². The lowest BCUT2D eigenvalue weighted by molar-refractivity contribution is 0.660. The molecule has 0 radical (unpaired) electrons. The van der Waals surface area contributed by atoms with Gasteiger partial charge in [0.1, 0.15) is 11.2 Å². The molecule has 2 aromatic heterocycles. The second-order valence-corrected chi connectivity index (χ2v) is 15.8. The first-order valence-electron chi connectivity index (χ1n) is 18.2. The predicted molar refractivity (Wildman–Crippen MR) is 222 cm³/mol. The van der Waals surface area contributed by atoms with Gasteiger partial charge in [0, 0.05) is 54.2 Å². The van der Waals surface area contributed by atoms with E-state index in [1.165, 1.54) is 75.8 Å². The third kappa shape index (κ3) is 4.23. The number of hydrogen-bond acceptors (Lipinski definition) is 3. The average molecular weight is 686 g/mol. The molecule has 0 spiro atoms. The standard InChI is InChI=1S/C49H35NOS/c1-49(2)41-21-8-5-15-33(41)34-26-25-32(29-42(34)49)50(44-23-12-20-39-36-17-7-10-24-46(36)52-48(39)44)43-22-9-6-16-35(43)37-18-11-19-38-40-27-30-13-3-4-14-31(30)28-45(40)51-47(37)38/h3-8,10-21,23-29H,9,22H2,1-2H3. The van der Waals surface area contributed by atoms with E-state index in [4.69, 9.17) is 4.42 Å². The minimum absolute atomic E-state index is 0.107. The fourth-order valence-electron chi connectivity index (χ4n) is 9.01. The molecule has 0 saturated carbocycles. The number of allylic oxidation sites excluding steroid dienone is 4. The number of fused-ring (bicyclic) bond motifs is 10. The van der Waals surface area contributed by atoms with Crippen molar-refractivity contribution in [2.24, 2.45) is 0 Å². The molecular formula is C49H35NOS. The highest BCUT2D eigenvalue weighted by molar-refractivity contribution is 7.26. The predicted octanol–water partition coefficient (Wildman–Crippen LogP) is 14.3. The lowest BCUT2D eigenvalue weighted by Crippen LogP contribution is -2.21. The molecule has 0 fully saturated rings. The maximum absolute atomic E-state index is 6.83. The van der Waals surface area contributed by atoms with Gasteiger partial charge in [-0.15, -0.1) is 11.3 Å². The first-order valence-corrected chi connectivity index (χ1v) is 19.1. The van der Waals surface area contributed by atoms with Crippen LogP contribution in [0.15, 0.2) is 162 Å². The van der Waals surface area contributed by atoms with Crippen LogP contribution in [0.4, 0.5) is 11.4 Å². The van der Waals surface area contributed by atoms with Crippen LogP contribution in [-0.4, -0.2) is 0 Å². The van der Waals surface area contributed by atoms with Crippen LogP contribution in [0.1, 0.15) is 43.4 Å². The minimum Gasteiger partial charge on any atom is -0.455 e. The Morgan fingerprint density at radius 3 is 2.27 bits per heavy atom. The van der Waals surface area contributed by atoms with Gasteiger partial charge < -0.3 is 9.32 Å². The molecule has 0 atom stereocenters. The van der Waals surface area contributed by atoms with Gasteiger partial charge in [0.05, 0.1) is 10.4 Å². The zero-order chi connectivity index (χ0) is 34.6. The molecule has 248 valence electrons. The molecule has 2 heterocycles. The lowest BCUT2D eigenvalue weighted by Gasteiger charge is -2.33. The van der Waals surface area contributed by atoms with E-state index in [-0.39, 0.29) is 5.41 Å². The van der Waals surface area contributed by atoms with Crippen molar-refractivity contribution in [3.05, 3.63) is 174 Å². The van der Waals surface area contributed by atoms with Crippen LogP contribution in [0.5, 0.6) is 0 Å². The van der Waals surface area contributed by atoms with Crippen LogP contribution in [-0.2, 0) is 5.41 Å². The number of hydrogen-bond donors (Lipinski definition) is 0. The summed E-state index contributed by atoms with van der Waals surface area (Å²) < 4.78 is 9.45. The molecule has 0 unspecified atom stereocenters. The maximum Gasteiger partial charge on any atom is 0.143 e. The number of benzene rings is 7. The third-order valence-corrected chi connectivity index (χ3v) is 12.7. The zero-order valence-corrected chi connectivity index (χ0v) is 29.9. The average Bonchev–Trinajstić information content (AvgIpc) is 3.82. The van der Waals surface area contributed by atoms with Crippen molar-refractivity contribution in [1.82, 2.24) is 0 Å². The lowest BCUT2D eigenvalue weighted by atomic mass is 9.82. The minimum atomic E-state index is -0.107. The molecule has 3 heteroatoms. The van der Waals surface area contributed by atoms with E-state index in [0.29, 0.717) is 0 Å². The van der Waals surface area contributed by atoms with Crippen molar-refractivity contribution in [3.63, 3.8) is 0 Å². The number of thiophene rings is 1. The summed E-state index contributed by atoms with van der Waals surface area (Å²) >= 11 is 1.89. The first-order chi connectivity index (χ1) is 25.5. The highest BCUT2D eigenvalue weighted by atomic mass is 32.1. The molecule has 0 bridgehead atoms. The van der Waals surface area contributed by atoms with Gasteiger partial charge in [-0.2, -0.15) is 0 Å². The van der Waals surface area contributed by atoms with Gasteiger partial charge in [0.2, 0.25) is 0 Å². The number of rotatable bonds is 4. The Morgan fingerprint density at radius 1 is 0.615 bits per heavy atom. The van der Waals surface area contributed by atoms with Gasteiger partial charge in [-0.25, -0.2) is 0 Å². The van der Waals surface area contributed by atoms with E-state index >= 15 is 0 Å². The number of furan rings is 1. The fourth-order valence-corrected chi connectivity index (χ4v) is 10.2. The highest BCUT2D eigenvalue weighted by Gasteiger charge is 2.36. The second-order valence-electron chi connectivity index (χ2n) is 14.8. The Morgan fingerprint density at radius 2 is 1.35 bits per heavy atom. The molecule has 2 nitrogen and oxygen atoms in total. The van der Waals surface area contributed by atoms with Crippen LogP contribution in [0, 0.1) is 0 Å². The molecule has 0 aliphatic heterocycles. The van der Waals surface area contributed by atoms with Crippen LogP contribution in [0.3, 0.4) is 0 Å². The van der Waals surface area contributed by atoms with Crippen molar-refractivity contribution < 1.29 is 4.42 Å². The molecular weight excluding hydrogens is 651 g/mol. The summed E-state index contributed by atoms with van der Waals surface area (Å²) in [7, 11) is 0. The zero-order valence-electron chi connectivity index (χ0n) is 29.1. The Labute approximate surface area is 306 Å². The smallest absolute Gasteiger partial charge is 0.143 e. The Hall–Kier alpha value is -5.90. The molecule has 9 aromatic rings. The summed E-state index contributed by atoms with van der Waals surface area (Å²) in [6.07, 6.45) is 6.55. The SMILES string of the molecule is CC1(C)c2ccccc2-c2ccc(N(C3=C(c4cccc5c4oc4cc6ccccc6cc45)C=CCC3)c3cccc4c3sc3ccccc34)cc21. The van der Waals surface area contributed by atoms with Crippen LogP contribution >= 0.6 is 11.3 Å². The van der Waals surface area contributed by atoms with Gasteiger partial charge in [-0.3, -0.25) is 0 Å². The molecule has 52 heavy (non-hydrogen) atoms. The van der Waals surface area contributed by atoms with E-state index in [1.807, 2.05) is 11.3 Å². The van der Waals surface area contributed by atoms with E-state index in [0.717, 1.165) is 40.3 Å². The van der Waals surface area contributed by atoms with Gasteiger partial charge in [-0.1, -0.05) is 129 Å². The normalized spacial score (nSPS) is 15.0. The van der Waals surface area contributed by atoms with Crippen molar-refractivity contribution in [2.75, 3.05) is 4.90 Å². The quantitative estimate of drug-likeness (QED) is 0.183. The third-order valence-electron chi connectivity index (χ3n) is 11.5. The molecule has 11 rings (SSSR count). The van der Waals surface area contributed by atoms with Crippen molar-refractivity contribution in [1.29, 1.82) is 0 Å². The van der Waals surface area contributed by atoms with Gasteiger partial charge in [-0.05, 0) is 82.3 Å². The summed E-state index contributed by atoms with van der Waals surface area (Å²) in [5.41, 5.74) is 13.3. The molecule has 0 amide bonds. The van der Waals surface area contributed by atoms with Crippen LogP contribution in [0.2, 0.25) is 0 Å². The van der Waals surface area contributed by atoms with Crippen molar-refractivity contribution in [2.45, 2.75) is 32.1 Å². The van der Waals surface area contributed by atoms with Crippen LogP contribution in [0.25, 0.3) is 69.6 Å². The number of anilines is 2. The first kappa shape index (κ1) is 29.8.